The maximum atomic E-state index is 11.0. The first-order chi connectivity index (χ1) is 5.24. The van der Waals surface area contributed by atoms with Crippen molar-refractivity contribution in [3.8, 4) is 0 Å². The Morgan fingerprint density at radius 2 is 2.45 bits per heavy atom. The number of amides is 1. The normalized spacial score (nSPS) is 47.5. The summed E-state index contributed by atoms with van der Waals surface area (Å²) in [7, 11) is 0. The summed E-state index contributed by atoms with van der Waals surface area (Å²) in [6, 6.07) is 0.420. The largest absolute Gasteiger partial charge is 0.352 e. The van der Waals surface area contributed by atoms with Crippen LogP contribution in [0.15, 0.2) is 12.7 Å². The summed E-state index contributed by atoms with van der Waals surface area (Å²) >= 11 is 0. The molecule has 11 heavy (non-hydrogen) atoms. The number of carbonyl (C=O) groups excluding carboxylic acids is 1. The summed E-state index contributed by atoms with van der Waals surface area (Å²) in [6.07, 6.45) is 2.67. The number of rotatable bonds is 1. The molecule has 0 aromatic heterocycles. The molecule has 2 rings (SSSR count). The highest BCUT2D eigenvalue weighted by Gasteiger charge is 2.54. The number of hydrogen-bond acceptors (Lipinski definition) is 1. The van der Waals surface area contributed by atoms with Crippen LogP contribution in [-0.2, 0) is 4.79 Å². The third-order valence-corrected chi connectivity index (χ3v) is 2.90. The highest BCUT2D eigenvalue weighted by Crippen LogP contribution is 2.48. The van der Waals surface area contributed by atoms with Crippen molar-refractivity contribution in [2.24, 2.45) is 17.8 Å². The number of fused-ring (bicyclic) bond motifs is 1. The predicted octanol–water partition coefficient (Wildman–Crippen LogP) is 0.943. The van der Waals surface area contributed by atoms with Crippen molar-refractivity contribution in [2.45, 2.75) is 19.4 Å². The van der Waals surface area contributed by atoms with E-state index in [0.717, 1.165) is 0 Å². The van der Waals surface area contributed by atoms with E-state index >= 15 is 0 Å². The van der Waals surface area contributed by atoms with Crippen molar-refractivity contribution in [3.05, 3.63) is 12.7 Å². The van der Waals surface area contributed by atoms with Crippen molar-refractivity contribution in [1.82, 2.24) is 5.32 Å². The van der Waals surface area contributed by atoms with E-state index in [-0.39, 0.29) is 5.91 Å². The zero-order valence-electron chi connectivity index (χ0n) is 6.71. The Hall–Kier alpha value is -0.790. The fraction of sp³-hybridized carbons (Fsp3) is 0.667. The van der Waals surface area contributed by atoms with Gasteiger partial charge in [-0.15, -0.1) is 6.58 Å². The highest BCUT2D eigenvalue weighted by molar-refractivity contribution is 5.78. The van der Waals surface area contributed by atoms with E-state index in [1.165, 1.54) is 0 Å². The first-order valence-corrected chi connectivity index (χ1v) is 4.16. The van der Waals surface area contributed by atoms with E-state index in [0.29, 0.717) is 30.2 Å². The molecule has 1 amide bonds. The van der Waals surface area contributed by atoms with Crippen LogP contribution in [0.3, 0.4) is 0 Å². The van der Waals surface area contributed by atoms with Gasteiger partial charge in [0.2, 0.25) is 5.91 Å². The Morgan fingerprint density at radius 1 is 1.73 bits per heavy atom. The number of carbonyl (C=O) groups is 1. The molecule has 1 heterocycles. The molecule has 2 nitrogen and oxygen atoms in total. The van der Waals surface area contributed by atoms with Gasteiger partial charge in [-0.2, -0.15) is 0 Å². The monoisotopic (exact) mass is 151 g/mol. The summed E-state index contributed by atoms with van der Waals surface area (Å²) in [5, 5.41) is 2.97. The Balaban J connectivity index is 2.10. The standard InChI is InChI=1S/C9H13NO/c1-3-6-8-5(2)4-7(11)10-9(6)8/h3,5-6,8-9H,1,4H2,2H3,(H,10,11). The average Bonchev–Trinajstić information content (AvgIpc) is 2.61. The topological polar surface area (TPSA) is 29.1 Å². The first kappa shape index (κ1) is 6.89. The van der Waals surface area contributed by atoms with Gasteiger partial charge in [0.15, 0.2) is 0 Å². The Kier molecular flexibility index (Phi) is 1.31. The molecule has 4 atom stereocenters. The van der Waals surface area contributed by atoms with E-state index in [9.17, 15) is 4.79 Å². The van der Waals surface area contributed by atoms with Crippen molar-refractivity contribution < 1.29 is 4.79 Å². The lowest BCUT2D eigenvalue weighted by atomic mass is 9.98. The van der Waals surface area contributed by atoms with Gasteiger partial charge >= 0.3 is 0 Å². The second-order valence-corrected chi connectivity index (χ2v) is 3.67. The molecule has 1 aliphatic carbocycles. The lowest BCUT2D eigenvalue weighted by Crippen LogP contribution is -2.34. The quantitative estimate of drug-likeness (QED) is 0.555. The molecule has 1 aliphatic heterocycles. The Labute approximate surface area is 66.7 Å². The van der Waals surface area contributed by atoms with E-state index in [1.807, 2.05) is 6.08 Å². The molecule has 2 heteroatoms. The zero-order valence-corrected chi connectivity index (χ0v) is 6.71. The van der Waals surface area contributed by atoms with Gasteiger partial charge in [-0.3, -0.25) is 4.79 Å². The van der Waals surface area contributed by atoms with Gasteiger partial charge in [0.05, 0.1) is 0 Å². The average molecular weight is 151 g/mol. The zero-order chi connectivity index (χ0) is 8.01. The molecule has 0 bridgehead atoms. The van der Waals surface area contributed by atoms with E-state index < -0.39 is 0 Å². The third-order valence-electron chi connectivity index (χ3n) is 2.90. The summed E-state index contributed by atoms with van der Waals surface area (Å²) in [5.41, 5.74) is 0. The molecule has 0 spiro atoms. The Morgan fingerprint density at radius 3 is 3.09 bits per heavy atom. The number of nitrogens with one attached hydrogen (secondary N) is 1. The first-order valence-electron chi connectivity index (χ1n) is 4.16. The molecule has 60 valence electrons. The van der Waals surface area contributed by atoms with Crippen LogP contribution in [-0.4, -0.2) is 11.9 Å². The number of piperidine rings is 1. The second-order valence-electron chi connectivity index (χ2n) is 3.67. The summed E-state index contributed by atoms with van der Waals surface area (Å²) in [5.74, 6) is 2.00. The fourth-order valence-corrected chi connectivity index (χ4v) is 2.26. The van der Waals surface area contributed by atoms with Gasteiger partial charge in [0.1, 0.15) is 0 Å². The van der Waals surface area contributed by atoms with Gasteiger partial charge in [0.25, 0.3) is 0 Å². The van der Waals surface area contributed by atoms with Crippen LogP contribution in [0.5, 0.6) is 0 Å². The smallest absolute Gasteiger partial charge is 0.220 e. The summed E-state index contributed by atoms with van der Waals surface area (Å²) in [4.78, 5) is 11.0. The SMILES string of the molecule is C=CC1C2NC(=O)CC(C)C12. The molecule has 0 aromatic carbocycles. The van der Waals surface area contributed by atoms with Crippen LogP contribution in [0.25, 0.3) is 0 Å². The van der Waals surface area contributed by atoms with Gasteiger partial charge in [0, 0.05) is 18.4 Å². The van der Waals surface area contributed by atoms with E-state index in [4.69, 9.17) is 0 Å². The fourth-order valence-electron chi connectivity index (χ4n) is 2.26. The molecule has 1 N–H and O–H groups in total. The van der Waals surface area contributed by atoms with Crippen molar-refractivity contribution in [1.29, 1.82) is 0 Å². The molecule has 4 unspecified atom stereocenters. The van der Waals surface area contributed by atoms with Crippen molar-refractivity contribution in [3.63, 3.8) is 0 Å². The molecular weight excluding hydrogens is 138 g/mol. The molecule has 0 radical (unpaired) electrons. The number of hydrogen-bond donors (Lipinski definition) is 1. The molecular formula is C9H13NO. The van der Waals surface area contributed by atoms with Gasteiger partial charge in [-0.25, -0.2) is 0 Å². The van der Waals surface area contributed by atoms with Gasteiger partial charge in [-0.05, 0) is 11.8 Å². The minimum absolute atomic E-state index is 0.211. The second kappa shape index (κ2) is 2.10. The maximum Gasteiger partial charge on any atom is 0.220 e. The predicted molar refractivity (Wildman–Crippen MR) is 42.9 cm³/mol. The van der Waals surface area contributed by atoms with E-state index in [2.05, 4.69) is 18.8 Å². The summed E-state index contributed by atoms with van der Waals surface area (Å²) in [6.45, 7) is 5.91. The van der Waals surface area contributed by atoms with Crippen LogP contribution < -0.4 is 5.32 Å². The lowest BCUT2D eigenvalue weighted by molar-refractivity contribution is -0.123. The minimum Gasteiger partial charge on any atom is -0.352 e. The van der Waals surface area contributed by atoms with Gasteiger partial charge in [-0.1, -0.05) is 13.0 Å². The van der Waals surface area contributed by atoms with Crippen LogP contribution in [0.2, 0.25) is 0 Å². The van der Waals surface area contributed by atoms with Crippen LogP contribution in [0.1, 0.15) is 13.3 Å². The van der Waals surface area contributed by atoms with E-state index in [1.54, 1.807) is 0 Å². The molecule has 2 aliphatic rings. The highest BCUT2D eigenvalue weighted by atomic mass is 16.1. The lowest BCUT2D eigenvalue weighted by Gasteiger charge is -2.16. The molecule has 1 saturated carbocycles. The van der Waals surface area contributed by atoms with Gasteiger partial charge < -0.3 is 5.32 Å². The minimum atomic E-state index is 0.211. The molecule has 0 aromatic rings. The Bertz CT molecular complexity index is 212. The van der Waals surface area contributed by atoms with Crippen LogP contribution in [0.4, 0.5) is 0 Å². The van der Waals surface area contributed by atoms with Crippen LogP contribution >= 0.6 is 0 Å². The molecule has 2 fully saturated rings. The van der Waals surface area contributed by atoms with Crippen molar-refractivity contribution in [2.75, 3.05) is 0 Å². The summed E-state index contributed by atoms with van der Waals surface area (Å²) < 4.78 is 0. The van der Waals surface area contributed by atoms with Crippen LogP contribution in [0, 0.1) is 17.8 Å². The molecule has 1 saturated heterocycles. The maximum absolute atomic E-state index is 11.0. The van der Waals surface area contributed by atoms with Crippen molar-refractivity contribution >= 4 is 5.91 Å². The third kappa shape index (κ3) is 0.889.